The number of carbonyl (C=O) groups is 1. The molecule has 2 rings (SSSR count). The van der Waals surface area contributed by atoms with Gasteiger partial charge < -0.3 is 4.84 Å². The molecule has 7 heteroatoms. The Kier molecular flexibility index (Phi) is 3.31. The first-order valence-corrected chi connectivity index (χ1v) is 5.42. The highest BCUT2D eigenvalue weighted by atomic mass is 16.6. The zero-order valence-corrected chi connectivity index (χ0v) is 10.4. The molecule has 0 aromatic carbocycles. The van der Waals surface area contributed by atoms with Crippen LogP contribution in [-0.4, -0.2) is 36.8 Å². The van der Waals surface area contributed by atoms with E-state index in [4.69, 9.17) is 4.84 Å². The molecule has 2 heterocycles. The van der Waals surface area contributed by atoms with E-state index in [0.717, 1.165) is 0 Å². The lowest BCUT2D eigenvalue weighted by Crippen LogP contribution is -2.40. The molecule has 0 N–H and O–H groups in total. The topological polar surface area (TPSA) is 70.5 Å². The van der Waals surface area contributed by atoms with Crippen LogP contribution in [0.25, 0.3) is 0 Å². The van der Waals surface area contributed by atoms with Gasteiger partial charge in [-0.05, 0) is 23.8 Å². The van der Waals surface area contributed by atoms with Gasteiger partial charge in [0.05, 0.1) is 10.8 Å². The molecule has 0 radical (unpaired) electrons. The van der Waals surface area contributed by atoms with Crippen LogP contribution < -0.4 is 9.57 Å². The number of amides is 1. The SMILES string of the molecule is CO[n+]1ccccc1N=NC1C(=O)N(C)N=C1C. The maximum Gasteiger partial charge on any atom is 0.388 e. The summed E-state index contributed by atoms with van der Waals surface area (Å²) in [5.74, 6) is 0.325. The Balaban J connectivity index is 2.21. The van der Waals surface area contributed by atoms with E-state index in [-0.39, 0.29) is 5.91 Å². The van der Waals surface area contributed by atoms with E-state index in [9.17, 15) is 4.79 Å². The predicted octanol–water partition coefficient (Wildman–Crippen LogP) is 0.333. The molecular weight excluding hydrogens is 234 g/mol. The summed E-state index contributed by atoms with van der Waals surface area (Å²) in [5.41, 5.74) is 0.631. The molecule has 1 aromatic rings. The first-order chi connectivity index (χ1) is 8.63. The quantitative estimate of drug-likeness (QED) is 0.571. The van der Waals surface area contributed by atoms with Gasteiger partial charge in [-0.25, -0.2) is 5.01 Å². The molecule has 0 saturated heterocycles. The fourth-order valence-electron chi connectivity index (χ4n) is 1.60. The van der Waals surface area contributed by atoms with Crippen molar-refractivity contribution in [1.29, 1.82) is 0 Å². The Morgan fingerprint density at radius 3 is 2.89 bits per heavy atom. The normalized spacial score (nSPS) is 19.5. The van der Waals surface area contributed by atoms with Crippen LogP contribution in [0.3, 0.4) is 0 Å². The first-order valence-electron chi connectivity index (χ1n) is 5.42. The monoisotopic (exact) mass is 248 g/mol. The molecule has 0 fully saturated rings. The zero-order chi connectivity index (χ0) is 13.1. The average Bonchev–Trinajstić information content (AvgIpc) is 2.62. The smallest absolute Gasteiger partial charge is 0.339 e. The molecule has 1 amide bonds. The van der Waals surface area contributed by atoms with Gasteiger partial charge in [0.15, 0.2) is 0 Å². The summed E-state index contributed by atoms with van der Waals surface area (Å²) in [7, 11) is 3.12. The van der Waals surface area contributed by atoms with Gasteiger partial charge in [-0.3, -0.25) is 4.79 Å². The lowest BCUT2D eigenvalue weighted by molar-refractivity contribution is -0.875. The number of carbonyl (C=O) groups excluding carboxylic acids is 1. The highest BCUT2D eigenvalue weighted by Gasteiger charge is 2.33. The summed E-state index contributed by atoms with van der Waals surface area (Å²) in [4.78, 5) is 16.8. The van der Waals surface area contributed by atoms with Gasteiger partial charge in [0.1, 0.15) is 13.3 Å². The van der Waals surface area contributed by atoms with Crippen LogP contribution in [0, 0.1) is 0 Å². The van der Waals surface area contributed by atoms with Crippen molar-refractivity contribution in [3.05, 3.63) is 24.4 Å². The third-order valence-electron chi connectivity index (χ3n) is 2.53. The van der Waals surface area contributed by atoms with E-state index in [1.807, 2.05) is 12.1 Å². The molecule has 94 valence electrons. The minimum atomic E-state index is -0.638. The van der Waals surface area contributed by atoms with Crippen molar-refractivity contribution in [2.45, 2.75) is 13.0 Å². The molecule has 0 spiro atoms. The van der Waals surface area contributed by atoms with E-state index in [1.54, 1.807) is 26.2 Å². The fraction of sp³-hybridized carbons (Fsp3) is 0.364. The van der Waals surface area contributed by atoms with Crippen molar-refractivity contribution in [2.24, 2.45) is 15.3 Å². The Morgan fingerprint density at radius 1 is 1.50 bits per heavy atom. The number of likely N-dealkylation sites (N-methyl/N-ethyl adjacent to an activating group) is 1. The third-order valence-corrected chi connectivity index (χ3v) is 2.53. The van der Waals surface area contributed by atoms with Gasteiger partial charge in [0.2, 0.25) is 6.04 Å². The Morgan fingerprint density at radius 2 is 2.28 bits per heavy atom. The number of hydrazone groups is 1. The van der Waals surface area contributed by atoms with Crippen LogP contribution in [0.1, 0.15) is 6.92 Å². The van der Waals surface area contributed by atoms with Crippen molar-refractivity contribution in [3.63, 3.8) is 0 Å². The molecule has 0 aliphatic carbocycles. The minimum absolute atomic E-state index is 0.184. The molecule has 1 atom stereocenters. The van der Waals surface area contributed by atoms with Crippen LogP contribution in [0.15, 0.2) is 39.7 Å². The standard InChI is InChI=1S/C11H14N5O2/c1-8-10(11(17)15(2)14-8)13-12-9-6-4-5-7-16(9)18-3/h4-7,10H,1-3H3/q+1. The Labute approximate surface area is 104 Å². The lowest BCUT2D eigenvalue weighted by Gasteiger charge is -2.01. The summed E-state index contributed by atoms with van der Waals surface area (Å²) in [6, 6.07) is 4.72. The van der Waals surface area contributed by atoms with E-state index in [0.29, 0.717) is 11.5 Å². The van der Waals surface area contributed by atoms with E-state index >= 15 is 0 Å². The number of azo groups is 1. The van der Waals surface area contributed by atoms with Crippen molar-refractivity contribution in [3.8, 4) is 0 Å². The lowest BCUT2D eigenvalue weighted by atomic mass is 10.2. The molecule has 1 aliphatic rings. The summed E-state index contributed by atoms with van der Waals surface area (Å²) in [5, 5.41) is 13.3. The van der Waals surface area contributed by atoms with Crippen LogP contribution in [-0.2, 0) is 4.79 Å². The molecule has 18 heavy (non-hydrogen) atoms. The van der Waals surface area contributed by atoms with Crippen molar-refractivity contribution in [1.82, 2.24) is 5.01 Å². The largest absolute Gasteiger partial charge is 0.388 e. The number of nitrogens with zero attached hydrogens (tertiary/aromatic N) is 5. The molecular formula is C11H14N5O2+. The second-order valence-electron chi connectivity index (χ2n) is 3.79. The minimum Gasteiger partial charge on any atom is -0.339 e. The van der Waals surface area contributed by atoms with Crippen LogP contribution in [0.2, 0.25) is 0 Å². The average molecular weight is 248 g/mol. The molecule has 1 aliphatic heterocycles. The molecule has 0 saturated carbocycles. The van der Waals surface area contributed by atoms with Crippen molar-refractivity contribution >= 4 is 17.4 Å². The second kappa shape index (κ2) is 4.91. The first kappa shape index (κ1) is 12.2. The fourth-order valence-corrected chi connectivity index (χ4v) is 1.60. The maximum absolute atomic E-state index is 11.7. The third kappa shape index (κ3) is 2.20. The summed E-state index contributed by atoms with van der Waals surface area (Å²) >= 11 is 0. The van der Waals surface area contributed by atoms with E-state index < -0.39 is 6.04 Å². The summed E-state index contributed by atoms with van der Waals surface area (Å²) < 4.78 is 1.46. The van der Waals surface area contributed by atoms with E-state index in [2.05, 4.69) is 15.3 Å². The number of aromatic nitrogens is 1. The molecule has 1 aromatic heterocycles. The number of hydrogen-bond donors (Lipinski definition) is 0. The van der Waals surface area contributed by atoms with Gasteiger partial charge in [-0.15, -0.1) is 0 Å². The summed E-state index contributed by atoms with van der Waals surface area (Å²) in [6.45, 7) is 1.75. The highest BCUT2D eigenvalue weighted by Crippen LogP contribution is 2.13. The van der Waals surface area contributed by atoms with Gasteiger partial charge in [-0.1, -0.05) is 5.11 Å². The predicted molar refractivity (Wildman–Crippen MR) is 63.3 cm³/mol. The van der Waals surface area contributed by atoms with E-state index in [1.165, 1.54) is 16.8 Å². The Hall–Kier alpha value is -2.31. The number of hydrogen-bond acceptors (Lipinski definition) is 5. The second-order valence-corrected chi connectivity index (χ2v) is 3.79. The van der Waals surface area contributed by atoms with Gasteiger partial charge in [-0.2, -0.15) is 5.10 Å². The molecule has 1 unspecified atom stereocenters. The zero-order valence-electron chi connectivity index (χ0n) is 10.4. The molecule has 7 nitrogen and oxygen atoms in total. The van der Waals surface area contributed by atoms with Crippen LogP contribution >= 0.6 is 0 Å². The van der Waals surface area contributed by atoms with Crippen LogP contribution in [0.5, 0.6) is 0 Å². The Bertz CT molecular complexity index is 526. The number of pyridine rings is 1. The van der Waals surface area contributed by atoms with Gasteiger partial charge >= 0.3 is 5.82 Å². The van der Waals surface area contributed by atoms with Gasteiger partial charge in [0.25, 0.3) is 5.91 Å². The van der Waals surface area contributed by atoms with Crippen molar-refractivity contribution in [2.75, 3.05) is 14.2 Å². The van der Waals surface area contributed by atoms with Crippen LogP contribution in [0.4, 0.5) is 5.82 Å². The van der Waals surface area contributed by atoms with Crippen molar-refractivity contribution < 1.29 is 14.4 Å². The summed E-state index contributed by atoms with van der Waals surface area (Å²) in [6.07, 6.45) is 1.71. The maximum atomic E-state index is 11.7. The highest BCUT2D eigenvalue weighted by molar-refractivity contribution is 6.10. The van der Waals surface area contributed by atoms with Gasteiger partial charge in [0, 0.05) is 13.1 Å². The number of rotatable bonds is 3. The molecule has 0 bridgehead atoms.